The number of allylic oxidation sites excluding steroid dienone is 1. The van der Waals surface area contributed by atoms with Gasteiger partial charge in [0.25, 0.3) is 0 Å². The van der Waals surface area contributed by atoms with Crippen LogP contribution in [-0.2, 0) is 0 Å². The Morgan fingerprint density at radius 3 is 2.00 bits per heavy atom. The van der Waals surface area contributed by atoms with Crippen molar-refractivity contribution in [2.24, 2.45) is 0 Å². The van der Waals surface area contributed by atoms with Gasteiger partial charge in [0.1, 0.15) is 28.6 Å². The number of hydrogen-bond acceptors (Lipinski definition) is 5. The van der Waals surface area contributed by atoms with Crippen LogP contribution in [0.3, 0.4) is 0 Å². The average Bonchev–Trinajstić information content (AvgIpc) is 3.78. The molecule has 218 valence electrons. The highest BCUT2D eigenvalue weighted by molar-refractivity contribution is 6.65. The fourth-order valence-electron chi connectivity index (χ4n) is 6.02. The van der Waals surface area contributed by atoms with Crippen molar-refractivity contribution in [1.82, 2.24) is 13.9 Å². The summed E-state index contributed by atoms with van der Waals surface area (Å²) >= 11 is 13.3. The van der Waals surface area contributed by atoms with Gasteiger partial charge in [0.15, 0.2) is 11.1 Å². The number of furan rings is 2. The fourth-order valence-corrected chi connectivity index (χ4v) is 6.58. The SMILES string of the molecule is COc1ccc(-c2cc3c(o2)=CC2=C(c4c(Cl)cncc4Cl)c4cc5oc(-c6ccc(OC)cc6)cc5n4[B-](F)(F)[N+]=32)cc1. The van der Waals surface area contributed by atoms with Crippen LogP contribution in [0.4, 0.5) is 8.63 Å². The molecule has 0 fully saturated rings. The van der Waals surface area contributed by atoms with E-state index in [4.69, 9.17) is 41.5 Å². The molecule has 0 saturated heterocycles. The maximum absolute atomic E-state index is 17.0. The molecule has 2 aliphatic rings. The van der Waals surface area contributed by atoms with Crippen LogP contribution >= 0.6 is 23.2 Å². The number of hydrogen-bond donors (Lipinski definition) is 0. The quantitative estimate of drug-likeness (QED) is 0.195. The van der Waals surface area contributed by atoms with Crippen LogP contribution in [0.2, 0.25) is 10.0 Å². The zero-order chi connectivity index (χ0) is 30.3. The van der Waals surface area contributed by atoms with Crippen molar-refractivity contribution in [1.29, 1.82) is 0 Å². The molecule has 0 radical (unpaired) electrons. The van der Waals surface area contributed by atoms with E-state index in [0.717, 1.165) is 20.1 Å². The smallest absolute Gasteiger partial charge is 0.497 e. The third-order valence-corrected chi connectivity index (χ3v) is 8.61. The first-order valence-corrected chi connectivity index (χ1v) is 14.3. The first-order valence-electron chi connectivity index (χ1n) is 13.6. The second-order valence-electron chi connectivity index (χ2n) is 10.4. The van der Waals surface area contributed by atoms with E-state index >= 15 is 8.63 Å². The van der Waals surface area contributed by atoms with Crippen molar-refractivity contribution in [3.63, 3.8) is 0 Å². The van der Waals surface area contributed by atoms with Gasteiger partial charge in [-0.05, 0) is 48.5 Å². The molecule has 0 saturated carbocycles. The first-order chi connectivity index (χ1) is 21.3. The molecule has 0 bridgehead atoms. The van der Waals surface area contributed by atoms with Gasteiger partial charge in [-0.3, -0.25) is 4.98 Å². The molecule has 8 rings (SSSR count). The van der Waals surface area contributed by atoms with E-state index in [1.54, 1.807) is 62.8 Å². The number of halogens is 4. The molecular weight excluding hydrogens is 610 g/mol. The lowest BCUT2D eigenvalue weighted by Crippen LogP contribution is -2.56. The molecule has 4 aromatic heterocycles. The predicted octanol–water partition coefficient (Wildman–Crippen LogP) is 6.86. The minimum atomic E-state index is -4.45. The lowest BCUT2D eigenvalue weighted by atomic mass is 9.86. The van der Waals surface area contributed by atoms with E-state index in [0.29, 0.717) is 45.2 Å². The average molecular weight is 630 g/mol. The normalized spacial score (nSPS) is 14.8. The van der Waals surface area contributed by atoms with Gasteiger partial charge in [-0.25, -0.2) is 0 Å². The molecule has 0 amide bonds. The summed E-state index contributed by atoms with van der Waals surface area (Å²) in [6, 6.07) is 19.2. The third kappa shape index (κ3) is 3.81. The minimum Gasteiger partial charge on any atom is -0.497 e. The van der Waals surface area contributed by atoms with Crippen LogP contribution in [0.5, 0.6) is 11.5 Å². The predicted molar refractivity (Wildman–Crippen MR) is 165 cm³/mol. The number of methoxy groups -OCH3 is 2. The highest BCUT2D eigenvalue weighted by Gasteiger charge is 2.55. The first kappa shape index (κ1) is 26.8. The van der Waals surface area contributed by atoms with E-state index in [1.165, 1.54) is 12.4 Å². The Morgan fingerprint density at radius 1 is 0.818 bits per heavy atom. The van der Waals surface area contributed by atoms with E-state index < -0.39 is 6.97 Å². The van der Waals surface area contributed by atoms with Gasteiger partial charge in [-0.15, -0.1) is 0 Å². The summed E-state index contributed by atoms with van der Waals surface area (Å²) in [5.74, 6) is 2.22. The summed E-state index contributed by atoms with van der Waals surface area (Å²) in [5, 5.41) is 0.662. The molecular formula is C32H20BCl2F2N3O4. The van der Waals surface area contributed by atoms with Crippen LogP contribution < -0.4 is 24.7 Å². The summed E-state index contributed by atoms with van der Waals surface area (Å²) in [5.41, 5.74) is 3.45. The molecule has 0 unspecified atom stereocenters. The highest BCUT2D eigenvalue weighted by atomic mass is 35.5. The Hall–Kier alpha value is -4.80. The van der Waals surface area contributed by atoms with Gasteiger partial charge in [-0.2, -0.15) is 0 Å². The molecule has 44 heavy (non-hydrogen) atoms. The number of aromatic nitrogens is 2. The van der Waals surface area contributed by atoms with Crippen LogP contribution in [0, 0.1) is 0 Å². The third-order valence-electron chi connectivity index (χ3n) is 8.04. The van der Waals surface area contributed by atoms with Gasteiger partial charge in [-0.1, -0.05) is 23.2 Å². The van der Waals surface area contributed by atoms with Crippen molar-refractivity contribution in [3.8, 4) is 34.1 Å². The number of ether oxygens (including phenoxy) is 2. The van der Waals surface area contributed by atoms with E-state index in [2.05, 4.69) is 4.98 Å². The Morgan fingerprint density at radius 2 is 1.41 bits per heavy atom. The minimum absolute atomic E-state index is 0.211. The molecule has 0 N–H and O–H groups in total. The monoisotopic (exact) mass is 629 g/mol. The lowest BCUT2D eigenvalue weighted by molar-refractivity contribution is 0.414. The molecule has 6 aromatic rings. The zero-order valence-electron chi connectivity index (χ0n) is 23.1. The number of benzene rings is 2. The Bertz CT molecular complexity index is 2290. The fraction of sp³-hybridized carbons (Fsp3) is 0.0625. The van der Waals surface area contributed by atoms with Gasteiger partial charge in [0.05, 0.1) is 47.5 Å². The Balaban J connectivity index is 1.40. The van der Waals surface area contributed by atoms with Crippen LogP contribution in [0.1, 0.15) is 11.3 Å². The number of rotatable bonds is 5. The second-order valence-corrected chi connectivity index (χ2v) is 11.2. The topological polar surface area (TPSA) is 65.6 Å². The van der Waals surface area contributed by atoms with Crippen LogP contribution in [0.15, 0.2) is 93.7 Å². The summed E-state index contributed by atoms with van der Waals surface area (Å²) < 4.78 is 58.8. The van der Waals surface area contributed by atoms with Crippen molar-refractivity contribution in [3.05, 3.63) is 117 Å². The zero-order valence-corrected chi connectivity index (χ0v) is 24.7. The number of nitrogens with zero attached hydrogens (tertiary/aromatic N) is 3. The van der Waals surface area contributed by atoms with E-state index in [-0.39, 0.29) is 32.3 Å². The summed E-state index contributed by atoms with van der Waals surface area (Å²) in [4.78, 5) is 4.07. The summed E-state index contributed by atoms with van der Waals surface area (Å²) in [6.45, 7) is -4.45. The van der Waals surface area contributed by atoms with Crippen molar-refractivity contribution in [2.75, 3.05) is 14.2 Å². The van der Waals surface area contributed by atoms with Crippen LogP contribution in [-0.4, -0.2) is 30.7 Å². The molecule has 6 heterocycles. The molecule has 0 atom stereocenters. The van der Waals surface area contributed by atoms with Crippen molar-refractivity contribution < 1.29 is 26.9 Å². The molecule has 0 aliphatic carbocycles. The van der Waals surface area contributed by atoms with Gasteiger partial charge in [0.2, 0.25) is 5.36 Å². The van der Waals surface area contributed by atoms with Gasteiger partial charge >= 0.3 is 6.97 Å². The molecule has 0 spiro atoms. The van der Waals surface area contributed by atoms with Crippen molar-refractivity contribution >= 4 is 52.9 Å². The van der Waals surface area contributed by atoms with E-state index in [9.17, 15) is 0 Å². The second kappa shape index (κ2) is 9.60. The standard InChI is InChI=1S/C32H20BCl2F2N3O4/c1-41-19-7-3-17(4-8-19)27-11-23-29(43-27)13-25-32(31-21(34)15-38-16-22(31)35)26-14-30-24(40(26)33(36,37)39(23)25)12-28(44-30)18-5-9-20(42-2)10-6-18/h3-16H,1-2H3. The molecule has 2 aliphatic heterocycles. The summed E-state index contributed by atoms with van der Waals surface area (Å²) in [6.07, 6.45) is 4.47. The molecule has 12 heteroatoms. The highest BCUT2D eigenvalue weighted by Crippen LogP contribution is 2.45. The largest absolute Gasteiger partial charge is 0.738 e. The van der Waals surface area contributed by atoms with E-state index in [1.807, 2.05) is 24.3 Å². The number of pyridine rings is 1. The maximum atomic E-state index is 17.0. The Labute approximate surface area is 258 Å². The van der Waals surface area contributed by atoms with Gasteiger partial charge in [0, 0.05) is 46.9 Å². The summed E-state index contributed by atoms with van der Waals surface area (Å²) in [7, 11) is 3.15. The number of fused-ring (bicyclic) bond motifs is 5. The lowest BCUT2D eigenvalue weighted by Gasteiger charge is -2.31. The Kier molecular flexibility index (Phi) is 5.85. The molecule has 7 nitrogen and oxygen atoms in total. The molecule has 2 aromatic carbocycles. The van der Waals surface area contributed by atoms with Crippen molar-refractivity contribution in [2.45, 2.75) is 0 Å². The maximum Gasteiger partial charge on any atom is 0.738 e. The van der Waals surface area contributed by atoms with Crippen LogP contribution in [0.25, 0.3) is 45.4 Å². The van der Waals surface area contributed by atoms with Gasteiger partial charge < -0.3 is 35.9 Å².